The highest BCUT2D eigenvalue weighted by molar-refractivity contribution is 9.10. The zero-order valence-corrected chi connectivity index (χ0v) is 12.5. The van der Waals surface area contributed by atoms with Crippen molar-refractivity contribution in [1.29, 1.82) is 0 Å². The van der Waals surface area contributed by atoms with Crippen LogP contribution in [0.5, 0.6) is 0 Å². The summed E-state index contributed by atoms with van der Waals surface area (Å²) in [6.07, 6.45) is 4.16. The highest BCUT2D eigenvalue weighted by atomic mass is 79.9. The van der Waals surface area contributed by atoms with Crippen molar-refractivity contribution in [3.63, 3.8) is 0 Å². The van der Waals surface area contributed by atoms with Gasteiger partial charge in [-0.3, -0.25) is 4.90 Å². The van der Waals surface area contributed by atoms with Crippen LogP contribution in [0.3, 0.4) is 0 Å². The van der Waals surface area contributed by atoms with Gasteiger partial charge >= 0.3 is 0 Å². The maximum absolute atomic E-state index is 3.55. The molecule has 1 aliphatic carbocycles. The molecular formula is C13H17Br2N. The number of hydrogen-bond acceptors (Lipinski definition) is 1. The molecule has 2 rings (SSSR count). The molecule has 3 heteroatoms. The van der Waals surface area contributed by atoms with E-state index in [4.69, 9.17) is 0 Å². The largest absolute Gasteiger partial charge is 0.295 e. The molecular weight excluding hydrogens is 330 g/mol. The normalized spacial score (nSPS) is 16.4. The molecule has 0 radical (unpaired) electrons. The molecule has 0 heterocycles. The average molecular weight is 347 g/mol. The Labute approximate surface area is 114 Å². The van der Waals surface area contributed by atoms with Gasteiger partial charge in [-0.05, 0) is 30.5 Å². The van der Waals surface area contributed by atoms with Gasteiger partial charge < -0.3 is 0 Å². The third-order valence-electron chi connectivity index (χ3n) is 3.24. The van der Waals surface area contributed by atoms with Gasteiger partial charge in [-0.15, -0.1) is 0 Å². The van der Waals surface area contributed by atoms with E-state index >= 15 is 0 Å². The van der Waals surface area contributed by atoms with Crippen LogP contribution < -0.4 is 0 Å². The third-order valence-corrected chi connectivity index (χ3v) is 4.09. The molecule has 88 valence electrons. The SMILES string of the molecule is BrCCN(Cc1cccc(Br)c1)C1CCC1. The number of benzene rings is 1. The minimum Gasteiger partial charge on any atom is -0.295 e. The van der Waals surface area contributed by atoms with Gasteiger partial charge in [-0.1, -0.05) is 50.4 Å². The Bertz CT molecular complexity index is 336. The fraction of sp³-hybridized carbons (Fsp3) is 0.538. The van der Waals surface area contributed by atoms with Crippen LogP contribution in [-0.4, -0.2) is 22.8 Å². The van der Waals surface area contributed by atoms with Crippen molar-refractivity contribution < 1.29 is 0 Å². The van der Waals surface area contributed by atoms with Gasteiger partial charge in [0, 0.05) is 28.9 Å². The lowest BCUT2D eigenvalue weighted by Crippen LogP contribution is -2.40. The van der Waals surface area contributed by atoms with E-state index in [9.17, 15) is 0 Å². The first-order valence-corrected chi connectivity index (χ1v) is 7.75. The topological polar surface area (TPSA) is 3.24 Å². The first-order valence-electron chi connectivity index (χ1n) is 5.84. The number of halogens is 2. The lowest BCUT2D eigenvalue weighted by molar-refractivity contribution is 0.128. The van der Waals surface area contributed by atoms with Crippen LogP contribution >= 0.6 is 31.9 Å². The molecule has 1 aromatic carbocycles. The highest BCUT2D eigenvalue weighted by Crippen LogP contribution is 2.26. The Kier molecular flexibility index (Phi) is 4.86. The molecule has 0 atom stereocenters. The first kappa shape index (κ1) is 12.6. The van der Waals surface area contributed by atoms with Gasteiger partial charge in [0.05, 0.1) is 0 Å². The average Bonchev–Trinajstić information content (AvgIpc) is 2.15. The second kappa shape index (κ2) is 6.18. The second-order valence-corrected chi connectivity index (χ2v) is 6.08. The molecule has 0 unspecified atom stereocenters. The van der Waals surface area contributed by atoms with Gasteiger partial charge in [0.1, 0.15) is 0 Å². The van der Waals surface area contributed by atoms with E-state index in [1.807, 2.05) is 0 Å². The Morgan fingerprint density at radius 3 is 2.69 bits per heavy atom. The summed E-state index contributed by atoms with van der Waals surface area (Å²) in [6.45, 7) is 2.23. The summed E-state index contributed by atoms with van der Waals surface area (Å²) in [4.78, 5) is 2.60. The minimum atomic E-state index is 0.816. The number of hydrogen-bond donors (Lipinski definition) is 0. The van der Waals surface area contributed by atoms with Gasteiger partial charge in [0.15, 0.2) is 0 Å². The maximum Gasteiger partial charge on any atom is 0.0237 e. The maximum atomic E-state index is 3.55. The Morgan fingerprint density at radius 2 is 2.12 bits per heavy atom. The van der Waals surface area contributed by atoms with E-state index in [-0.39, 0.29) is 0 Å². The van der Waals surface area contributed by atoms with Gasteiger partial charge in [-0.25, -0.2) is 0 Å². The van der Waals surface area contributed by atoms with Crippen molar-refractivity contribution in [2.24, 2.45) is 0 Å². The van der Waals surface area contributed by atoms with Gasteiger partial charge in [0.2, 0.25) is 0 Å². The predicted molar refractivity (Wildman–Crippen MR) is 76.0 cm³/mol. The van der Waals surface area contributed by atoms with Crippen molar-refractivity contribution in [2.75, 3.05) is 11.9 Å². The zero-order valence-electron chi connectivity index (χ0n) is 9.33. The third kappa shape index (κ3) is 3.31. The lowest BCUT2D eigenvalue weighted by Gasteiger charge is -2.37. The molecule has 0 N–H and O–H groups in total. The van der Waals surface area contributed by atoms with Crippen LogP contribution in [0.4, 0.5) is 0 Å². The quantitative estimate of drug-likeness (QED) is 0.722. The summed E-state index contributed by atoms with van der Waals surface area (Å²) in [6, 6.07) is 9.45. The van der Waals surface area contributed by atoms with Crippen LogP contribution in [0.15, 0.2) is 28.7 Å². The Hall–Kier alpha value is 0.140. The lowest BCUT2D eigenvalue weighted by atomic mass is 9.91. The smallest absolute Gasteiger partial charge is 0.0237 e. The van der Waals surface area contributed by atoms with Crippen molar-refractivity contribution in [3.05, 3.63) is 34.3 Å². The van der Waals surface area contributed by atoms with Gasteiger partial charge in [0.25, 0.3) is 0 Å². The summed E-state index contributed by atoms with van der Waals surface area (Å²) < 4.78 is 1.18. The fourth-order valence-corrected chi connectivity index (χ4v) is 3.02. The molecule has 0 bridgehead atoms. The summed E-state index contributed by atoms with van der Waals surface area (Å²) in [5, 5.41) is 1.07. The van der Waals surface area contributed by atoms with E-state index in [0.29, 0.717) is 0 Å². The molecule has 1 fully saturated rings. The number of alkyl halides is 1. The van der Waals surface area contributed by atoms with E-state index in [1.54, 1.807) is 0 Å². The Balaban J connectivity index is 1.98. The van der Waals surface area contributed by atoms with E-state index in [0.717, 1.165) is 24.5 Å². The molecule has 0 spiro atoms. The van der Waals surface area contributed by atoms with Crippen molar-refractivity contribution in [1.82, 2.24) is 4.90 Å². The summed E-state index contributed by atoms with van der Waals surface area (Å²) in [7, 11) is 0. The van der Waals surface area contributed by atoms with Crippen LogP contribution in [0, 0.1) is 0 Å². The second-order valence-electron chi connectivity index (χ2n) is 4.37. The predicted octanol–water partition coefficient (Wildman–Crippen LogP) is 4.20. The van der Waals surface area contributed by atoms with Crippen LogP contribution in [0.2, 0.25) is 0 Å². The summed E-state index contributed by atoms with van der Waals surface area (Å²) in [5.74, 6) is 0. The van der Waals surface area contributed by atoms with Crippen LogP contribution in [0.1, 0.15) is 24.8 Å². The number of rotatable bonds is 5. The Morgan fingerprint density at radius 1 is 1.31 bits per heavy atom. The molecule has 0 saturated heterocycles. The fourth-order valence-electron chi connectivity index (χ4n) is 2.12. The van der Waals surface area contributed by atoms with E-state index in [1.165, 1.54) is 29.3 Å². The first-order chi connectivity index (χ1) is 7.79. The van der Waals surface area contributed by atoms with E-state index < -0.39 is 0 Å². The molecule has 0 aliphatic heterocycles. The molecule has 1 saturated carbocycles. The summed E-state index contributed by atoms with van der Waals surface area (Å²) >= 11 is 7.08. The molecule has 0 aromatic heterocycles. The van der Waals surface area contributed by atoms with Crippen LogP contribution in [-0.2, 0) is 6.54 Å². The van der Waals surface area contributed by atoms with Crippen molar-refractivity contribution in [3.8, 4) is 0 Å². The van der Waals surface area contributed by atoms with Crippen molar-refractivity contribution in [2.45, 2.75) is 31.8 Å². The molecule has 1 aliphatic rings. The minimum absolute atomic E-state index is 0.816. The van der Waals surface area contributed by atoms with Crippen LogP contribution in [0.25, 0.3) is 0 Å². The monoisotopic (exact) mass is 345 g/mol. The molecule has 0 amide bonds. The molecule has 1 nitrogen and oxygen atoms in total. The molecule has 1 aromatic rings. The van der Waals surface area contributed by atoms with Crippen molar-refractivity contribution >= 4 is 31.9 Å². The standard InChI is InChI=1S/C13H17Br2N/c14-7-8-16(13-5-2-6-13)10-11-3-1-4-12(15)9-11/h1,3-4,9,13H,2,5-8,10H2. The van der Waals surface area contributed by atoms with Gasteiger partial charge in [-0.2, -0.15) is 0 Å². The number of nitrogens with zero attached hydrogens (tertiary/aromatic N) is 1. The highest BCUT2D eigenvalue weighted by Gasteiger charge is 2.24. The van der Waals surface area contributed by atoms with E-state index in [2.05, 4.69) is 61.0 Å². The zero-order chi connectivity index (χ0) is 11.4. The summed E-state index contributed by atoms with van der Waals surface area (Å²) in [5.41, 5.74) is 1.40. The molecule has 16 heavy (non-hydrogen) atoms.